The minimum atomic E-state index is -4.35. The molecule has 0 radical (unpaired) electrons. The number of fused-ring (bicyclic) bond motifs is 1. The van der Waals surface area contributed by atoms with E-state index in [9.17, 15) is 39.2 Å². The summed E-state index contributed by atoms with van der Waals surface area (Å²) in [6.07, 6.45) is 2.38. The predicted molar refractivity (Wildman–Crippen MR) is 155 cm³/mol. The number of rotatable bonds is 7. The maximum absolute atomic E-state index is 13.5. The van der Waals surface area contributed by atoms with Gasteiger partial charge in [-0.05, 0) is 44.2 Å². The number of aryl methyl sites for hydroxylation is 2. The summed E-state index contributed by atoms with van der Waals surface area (Å²) in [4.78, 5) is 19.8. The van der Waals surface area contributed by atoms with Crippen LogP contribution in [0.15, 0.2) is 52.5 Å². The number of alkyl halides is 2. The van der Waals surface area contributed by atoms with E-state index in [2.05, 4.69) is 24.9 Å². The van der Waals surface area contributed by atoms with E-state index in [0.29, 0.717) is 10.4 Å². The van der Waals surface area contributed by atoms with Crippen molar-refractivity contribution in [3.8, 4) is 5.69 Å². The first kappa shape index (κ1) is 33.6. The first-order chi connectivity index (χ1) is 20.9. The van der Waals surface area contributed by atoms with Crippen LogP contribution in [-0.4, -0.2) is 57.0 Å². The number of para-hydroxylation sites is 1. The van der Waals surface area contributed by atoms with Crippen LogP contribution in [0.1, 0.15) is 18.1 Å². The number of nitrogens with zero attached hydrogens (tertiary/aromatic N) is 7. The van der Waals surface area contributed by atoms with Gasteiger partial charge in [0.15, 0.2) is 0 Å². The molecule has 2 N–H and O–H groups in total. The number of nitrogens with one attached hydrogen (secondary N) is 2. The predicted octanol–water partition coefficient (Wildman–Crippen LogP) is 3.93. The Kier molecular flexibility index (Phi) is 9.43. The van der Waals surface area contributed by atoms with Crippen LogP contribution in [0.25, 0.3) is 11.5 Å². The van der Waals surface area contributed by atoms with Gasteiger partial charge in [-0.25, -0.2) is 36.1 Å². The van der Waals surface area contributed by atoms with E-state index in [1.165, 1.54) is 19.2 Å². The molecule has 0 aliphatic heterocycles. The van der Waals surface area contributed by atoms with Crippen molar-refractivity contribution in [3.05, 3.63) is 86.3 Å². The zero-order valence-electron chi connectivity index (χ0n) is 22.9. The molecule has 14 nitrogen and oxygen atoms in total. The molecule has 0 saturated carbocycles. The molecule has 0 spiro atoms. The van der Waals surface area contributed by atoms with Gasteiger partial charge in [0.05, 0.1) is 27.7 Å². The Labute approximate surface area is 261 Å². The van der Waals surface area contributed by atoms with E-state index in [0.717, 1.165) is 35.0 Å². The van der Waals surface area contributed by atoms with Crippen molar-refractivity contribution in [2.45, 2.75) is 25.6 Å². The molecular weight excluding hydrogens is 693 g/mol. The molecule has 240 valence electrons. The number of aromatic nitrogens is 7. The lowest BCUT2D eigenvalue weighted by Crippen LogP contribution is -2.25. The van der Waals surface area contributed by atoms with Gasteiger partial charge in [0.25, 0.3) is 21.0 Å². The standard InChI is InChI=1S/C12H9F2N5O2S.C11H10Cl2F2N4O3S/c1-7-5-6-19-11(15-7)16-12(17-19)22(20,21)18-10-8(13)3-2-4-9(10)14;1-5-16-19(11(20)18(5)10(14)15)9-4-8(17-23(2,21)22)6(12)3-7(9)13/h2-6,18H,1H3;3-4,10,17H,1-2H3. The first-order valence-electron chi connectivity index (χ1n) is 12.0. The number of anilines is 2. The topological polar surface area (TPSA) is 175 Å². The van der Waals surface area contributed by atoms with Crippen LogP contribution >= 0.6 is 23.2 Å². The van der Waals surface area contributed by atoms with Gasteiger partial charge in [0, 0.05) is 11.9 Å². The lowest BCUT2D eigenvalue weighted by molar-refractivity contribution is 0.0640. The third-order valence-corrected chi connectivity index (χ3v) is 7.84. The molecule has 5 aromatic rings. The first-order valence-corrected chi connectivity index (χ1v) is 16.1. The molecule has 0 amide bonds. The molecule has 3 aromatic heterocycles. The monoisotopic (exact) mass is 711 g/mol. The van der Waals surface area contributed by atoms with E-state index >= 15 is 0 Å². The van der Waals surface area contributed by atoms with Crippen LogP contribution in [0.5, 0.6) is 0 Å². The highest BCUT2D eigenvalue weighted by molar-refractivity contribution is 7.92. The van der Waals surface area contributed by atoms with Crippen molar-refractivity contribution < 1.29 is 34.4 Å². The average Bonchev–Trinajstić information content (AvgIpc) is 3.48. The van der Waals surface area contributed by atoms with E-state index in [-0.39, 0.29) is 37.6 Å². The Hall–Kier alpha value is -4.27. The van der Waals surface area contributed by atoms with Crippen LogP contribution in [0.3, 0.4) is 0 Å². The summed E-state index contributed by atoms with van der Waals surface area (Å²) in [6.45, 7) is -0.143. The van der Waals surface area contributed by atoms with E-state index in [4.69, 9.17) is 23.2 Å². The van der Waals surface area contributed by atoms with E-state index in [1.54, 1.807) is 17.7 Å². The fraction of sp³-hybridized carbons (Fsp3) is 0.174. The van der Waals surface area contributed by atoms with Gasteiger partial charge in [0.1, 0.15) is 23.1 Å². The van der Waals surface area contributed by atoms with Crippen LogP contribution in [-0.2, 0) is 20.0 Å². The molecule has 2 aromatic carbocycles. The largest absolute Gasteiger partial charge is 0.355 e. The van der Waals surface area contributed by atoms with Crippen molar-refractivity contribution in [3.63, 3.8) is 0 Å². The molecular formula is C23H19Cl2F4N9O5S2. The van der Waals surface area contributed by atoms with Crippen LogP contribution in [0.2, 0.25) is 10.0 Å². The fourth-order valence-corrected chi connectivity index (χ4v) is 5.66. The number of halogens is 6. The second kappa shape index (κ2) is 12.6. The fourth-order valence-electron chi connectivity index (χ4n) is 3.57. The molecule has 0 aliphatic rings. The summed E-state index contributed by atoms with van der Waals surface area (Å²) in [5, 5.41) is 6.72. The summed E-state index contributed by atoms with van der Waals surface area (Å²) in [7, 11) is -7.99. The summed E-state index contributed by atoms with van der Waals surface area (Å²) in [5.41, 5.74) is -1.44. The van der Waals surface area contributed by atoms with Crippen molar-refractivity contribution in [1.29, 1.82) is 0 Å². The van der Waals surface area contributed by atoms with Gasteiger partial charge >= 0.3 is 12.2 Å². The third-order valence-electron chi connectivity index (χ3n) is 5.50. The van der Waals surface area contributed by atoms with Crippen molar-refractivity contribution in [2.75, 3.05) is 15.7 Å². The molecule has 0 unspecified atom stereocenters. The van der Waals surface area contributed by atoms with Crippen LogP contribution < -0.4 is 15.1 Å². The van der Waals surface area contributed by atoms with Crippen molar-refractivity contribution in [1.82, 2.24) is 33.9 Å². The van der Waals surface area contributed by atoms with Crippen LogP contribution in [0, 0.1) is 25.5 Å². The second-order valence-corrected chi connectivity index (χ2v) is 13.1. The molecule has 3 heterocycles. The minimum absolute atomic E-state index is 0.0257. The van der Waals surface area contributed by atoms with Gasteiger partial charge < -0.3 is 0 Å². The Morgan fingerprint density at radius 2 is 1.56 bits per heavy atom. The highest BCUT2D eigenvalue weighted by Gasteiger charge is 2.24. The molecule has 0 saturated heterocycles. The quantitative estimate of drug-likeness (QED) is 0.237. The Morgan fingerprint density at radius 3 is 2.13 bits per heavy atom. The molecule has 22 heteroatoms. The Morgan fingerprint density at radius 1 is 0.911 bits per heavy atom. The van der Waals surface area contributed by atoms with Gasteiger partial charge in [0.2, 0.25) is 10.0 Å². The number of benzene rings is 2. The van der Waals surface area contributed by atoms with Gasteiger partial charge in [-0.3, -0.25) is 9.44 Å². The summed E-state index contributed by atoms with van der Waals surface area (Å²) < 4.78 is 106. The maximum atomic E-state index is 13.5. The maximum Gasteiger partial charge on any atom is 0.355 e. The zero-order valence-corrected chi connectivity index (χ0v) is 26.0. The van der Waals surface area contributed by atoms with Crippen LogP contribution in [0.4, 0.5) is 28.9 Å². The molecule has 0 bridgehead atoms. The molecule has 0 atom stereocenters. The van der Waals surface area contributed by atoms with E-state index in [1.807, 2.05) is 0 Å². The molecule has 0 aliphatic carbocycles. The lowest BCUT2D eigenvalue weighted by atomic mass is 10.3. The Bertz CT molecular complexity index is 2190. The summed E-state index contributed by atoms with van der Waals surface area (Å²) in [5.74, 6) is -2.24. The molecule has 0 fully saturated rings. The van der Waals surface area contributed by atoms with E-state index < -0.39 is 54.8 Å². The number of hydrogen-bond acceptors (Lipinski definition) is 9. The summed E-state index contributed by atoms with van der Waals surface area (Å²) >= 11 is 11.8. The minimum Gasteiger partial charge on any atom is -0.282 e. The summed E-state index contributed by atoms with van der Waals surface area (Å²) in [6, 6.07) is 6.91. The second-order valence-electron chi connectivity index (χ2n) is 8.96. The van der Waals surface area contributed by atoms with Crippen molar-refractivity contribution >= 4 is 60.4 Å². The highest BCUT2D eigenvalue weighted by atomic mass is 35.5. The van der Waals surface area contributed by atoms with Gasteiger partial charge in [-0.1, -0.05) is 29.3 Å². The van der Waals surface area contributed by atoms with Gasteiger partial charge in [-0.15, -0.1) is 10.2 Å². The normalized spacial score (nSPS) is 11.9. The highest BCUT2D eigenvalue weighted by Crippen LogP contribution is 2.31. The smallest absolute Gasteiger partial charge is 0.282 e. The number of sulfonamides is 2. The Balaban J connectivity index is 0.000000205. The SMILES string of the molecule is Cc1ccn2nc(S(=O)(=O)Nc3c(F)cccc3F)nc2n1.Cc1nn(-c2cc(NS(C)(=O)=O)c(Cl)cc2Cl)c(=O)n1C(F)F. The third kappa shape index (κ3) is 7.52. The zero-order chi connectivity index (χ0) is 33.4. The molecule has 45 heavy (non-hydrogen) atoms. The average molecular weight is 712 g/mol. The lowest BCUT2D eigenvalue weighted by Gasteiger charge is -2.10. The number of hydrogen-bond donors (Lipinski definition) is 2. The molecule has 5 rings (SSSR count). The van der Waals surface area contributed by atoms with Gasteiger partial charge in [-0.2, -0.15) is 26.9 Å². The van der Waals surface area contributed by atoms with Crippen molar-refractivity contribution in [2.24, 2.45) is 0 Å².